The van der Waals surface area contributed by atoms with Crippen molar-refractivity contribution in [2.24, 2.45) is 5.73 Å². The Morgan fingerprint density at radius 1 is 1.14 bits per heavy atom. The fraction of sp³-hybridized carbons (Fsp3) is 0.143. The van der Waals surface area contributed by atoms with Crippen molar-refractivity contribution in [3.63, 3.8) is 0 Å². The van der Waals surface area contributed by atoms with Crippen LogP contribution in [0.2, 0.25) is 0 Å². The van der Waals surface area contributed by atoms with Gasteiger partial charge in [-0.2, -0.15) is 0 Å². The van der Waals surface area contributed by atoms with Crippen molar-refractivity contribution in [1.82, 2.24) is 9.55 Å². The number of nitrogens with two attached hydrogens (primary N) is 1. The first-order chi connectivity index (χ1) is 10.5. The molecular formula is C14H14N4O4. The van der Waals surface area contributed by atoms with E-state index in [-0.39, 0.29) is 18.9 Å². The molecule has 1 heterocycles. The molecule has 0 saturated carbocycles. The van der Waals surface area contributed by atoms with Crippen molar-refractivity contribution in [2.45, 2.75) is 13.0 Å². The second kappa shape index (κ2) is 6.53. The summed E-state index contributed by atoms with van der Waals surface area (Å²) >= 11 is 0. The Hall–Kier alpha value is -3.16. The van der Waals surface area contributed by atoms with Gasteiger partial charge in [-0.1, -0.05) is 0 Å². The Bertz CT molecular complexity index is 805. The molecule has 22 heavy (non-hydrogen) atoms. The van der Waals surface area contributed by atoms with E-state index in [4.69, 9.17) is 5.73 Å². The van der Waals surface area contributed by atoms with Gasteiger partial charge in [0.15, 0.2) is 0 Å². The number of anilines is 1. The van der Waals surface area contributed by atoms with Gasteiger partial charge < -0.3 is 15.6 Å². The lowest BCUT2D eigenvalue weighted by Gasteiger charge is -2.07. The molecule has 0 aliphatic rings. The lowest BCUT2D eigenvalue weighted by molar-refractivity contribution is -0.116. The zero-order valence-electron chi connectivity index (χ0n) is 11.5. The number of nitrogens with zero attached hydrogens (tertiary/aromatic N) is 1. The molecule has 0 unspecified atom stereocenters. The number of carbonyl (C=O) groups excluding carboxylic acids is 2. The first-order valence-corrected chi connectivity index (χ1v) is 6.45. The molecule has 8 nitrogen and oxygen atoms in total. The largest absolute Gasteiger partial charge is 0.366 e. The van der Waals surface area contributed by atoms with Gasteiger partial charge in [-0.05, 0) is 24.3 Å². The van der Waals surface area contributed by atoms with Crippen LogP contribution >= 0.6 is 0 Å². The summed E-state index contributed by atoms with van der Waals surface area (Å²) in [6.45, 7) is 0.140. The molecule has 0 radical (unpaired) electrons. The van der Waals surface area contributed by atoms with Crippen LogP contribution in [0.1, 0.15) is 16.8 Å². The summed E-state index contributed by atoms with van der Waals surface area (Å²) in [7, 11) is 0. The van der Waals surface area contributed by atoms with Gasteiger partial charge in [-0.25, -0.2) is 4.79 Å². The van der Waals surface area contributed by atoms with Gasteiger partial charge in [0.2, 0.25) is 11.8 Å². The highest BCUT2D eigenvalue weighted by Gasteiger charge is 2.05. The molecule has 0 spiro atoms. The number of benzene rings is 1. The van der Waals surface area contributed by atoms with E-state index in [0.717, 1.165) is 0 Å². The van der Waals surface area contributed by atoms with Crippen molar-refractivity contribution in [2.75, 3.05) is 5.32 Å². The van der Waals surface area contributed by atoms with Crippen molar-refractivity contribution < 1.29 is 9.59 Å². The van der Waals surface area contributed by atoms with Gasteiger partial charge in [0.25, 0.3) is 5.56 Å². The molecular weight excluding hydrogens is 288 g/mol. The number of aromatic amines is 1. The molecule has 2 aromatic rings. The Morgan fingerprint density at radius 3 is 2.41 bits per heavy atom. The van der Waals surface area contributed by atoms with Crippen LogP contribution in [-0.4, -0.2) is 21.4 Å². The number of hydrogen-bond acceptors (Lipinski definition) is 4. The predicted octanol–water partition coefficient (Wildman–Crippen LogP) is -0.336. The normalized spacial score (nSPS) is 10.2. The third kappa shape index (κ3) is 3.92. The number of aromatic nitrogens is 2. The standard InChI is InChI=1S/C14H14N4O4/c15-13(21)9-1-3-10(4-2-9)16-11(19)5-7-18-8-6-12(20)17-14(18)22/h1-4,6,8H,5,7H2,(H2,15,21)(H,16,19)(H,17,20,22). The Kier molecular flexibility index (Phi) is 4.52. The van der Waals surface area contributed by atoms with Crippen molar-refractivity contribution >= 4 is 17.5 Å². The molecule has 1 aromatic heterocycles. The van der Waals surface area contributed by atoms with E-state index in [1.807, 2.05) is 0 Å². The van der Waals surface area contributed by atoms with E-state index < -0.39 is 17.2 Å². The lowest BCUT2D eigenvalue weighted by Crippen LogP contribution is -2.29. The van der Waals surface area contributed by atoms with E-state index in [2.05, 4.69) is 10.3 Å². The van der Waals surface area contributed by atoms with E-state index in [0.29, 0.717) is 11.3 Å². The van der Waals surface area contributed by atoms with Crippen molar-refractivity contribution in [1.29, 1.82) is 0 Å². The lowest BCUT2D eigenvalue weighted by atomic mass is 10.2. The fourth-order valence-corrected chi connectivity index (χ4v) is 1.78. The second-order valence-corrected chi connectivity index (χ2v) is 4.54. The minimum absolute atomic E-state index is 0.0590. The molecule has 0 aliphatic carbocycles. The number of aryl methyl sites for hydroxylation is 1. The molecule has 2 rings (SSSR count). The second-order valence-electron chi connectivity index (χ2n) is 4.54. The Morgan fingerprint density at radius 2 is 1.82 bits per heavy atom. The minimum atomic E-state index is -0.564. The first kappa shape index (κ1) is 15.2. The zero-order chi connectivity index (χ0) is 16.1. The SMILES string of the molecule is NC(=O)c1ccc(NC(=O)CCn2ccc(=O)[nH]c2=O)cc1. The molecule has 0 bridgehead atoms. The summed E-state index contributed by atoms with van der Waals surface area (Å²) in [4.78, 5) is 47.2. The summed E-state index contributed by atoms with van der Waals surface area (Å²) in [5.41, 5.74) is 4.93. The smallest absolute Gasteiger partial charge is 0.328 e. The van der Waals surface area contributed by atoms with Gasteiger partial charge >= 0.3 is 5.69 Å². The molecule has 2 amide bonds. The highest BCUT2D eigenvalue weighted by Crippen LogP contribution is 2.09. The summed E-state index contributed by atoms with van der Waals surface area (Å²) in [6.07, 6.45) is 1.39. The van der Waals surface area contributed by atoms with E-state index in [1.54, 1.807) is 12.1 Å². The predicted molar refractivity (Wildman–Crippen MR) is 79.5 cm³/mol. The number of hydrogen-bond donors (Lipinski definition) is 3. The van der Waals surface area contributed by atoms with E-state index in [9.17, 15) is 19.2 Å². The van der Waals surface area contributed by atoms with Gasteiger partial charge in [0.1, 0.15) is 0 Å². The maximum atomic E-state index is 11.8. The van der Waals surface area contributed by atoms with E-state index in [1.165, 1.54) is 29.0 Å². The van der Waals surface area contributed by atoms with Crippen LogP contribution in [-0.2, 0) is 11.3 Å². The van der Waals surface area contributed by atoms with Crippen LogP contribution < -0.4 is 22.3 Å². The summed E-state index contributed by atoms with van der Waals surface area (Å²) in [6, 6.07) is 7.34. The Balaban J connectivity index is 1.94. The molecule has 1 aromatic carbocycles. The number of nitrogens with one attached hydrogen (secondary N) is 2. The van der Waals surface area contributed by atoms with Crippen LogP contribution in [0.5, 0.6) is 0 Å². The minimum Gasteiger partial charge on any atom is -0.366 e. The molecule has 0 aliphatic heterocycles. The van der Waals surface area contributed by atoms with Crippen LogP contribution in [0.4, 0.5) is 5.69 Å². The number of amides is 2. The van der Waals surface area contributed by atoms with Gasteiger partial charge in [-0.15, -0.1) is 0 Å². The third-order valence-corrected chi connectivity index (χ3v) is 2.93. The maximum absolute atomic E-state index is 11.8. The zero-order valence-corrected chi connectivity index (χ0v) is 11.5. The number of rotatable bonds is 5. The topological polar surface area (TPSA) is 127 Å². The molecule has 8 heteroatoms. The fourth-order valence-electron chi connectivity index (χ4n) is 1.78. The monoisotopic (exact) mass is 302 g/mol. The average Bonchev–Trinajstić information content (AvgIpc) is 2.47. The highest BCUT2D eigenvalue weighted by atomic mass is 16.2. The van der Waals surface area contributed by atoms with Gasteiger partial charge in [0.05, 0.1) is 0 Å². The van der Waals surface area contributed by atoms with Crippen LogP contribution in [0, 0.1) is 0 Å². The maximum Gasteiger partial charge on any atom is 0.328 e. The summed E-state index contributed by atoms with van der Waals surface area (Å²) in [5, 5.41) is 2.63. The first-order valence-electron chi connectivity index (χ1n) is 6.45. The number of primary amides is 1. The Labute approximate surface area is 124 Å². The highest BCUT2D eigenvalue weighted by molar-refractivity contribution is 5.94. The van der Waals surface area contributed by atoms with Crippen LogP contribution in [0.3, 0.4) is 0 Å². The van der Waals surface area contributed by atoms with Gasteiger partial charge in [0, 0.05) is 36.5 Å². The average molecular weight is 302 g/mol. The van der Waals surface area contributed by atoms with E-state index >= 15 is 0 Å². The van der Waals surface area contributed by atoms with Crippen LogP contribution in [0.25, 0.3) is 0 Å². The summed E-state index contributed by atoms with van der Waals surface area (Å²) in [5.74, 6) is -0.847. The van der Waals surface area contributed by atoms with Crippen molar-refractivity contribution in [3.8, 4) is 0 Å². The third-order valence-electron chi connectivity index (χ3n) is 2.93. The van der Waals surface area contributed by atoms with Crippen molar-refractivity contribution in [3.05, 3.63) is 62.9 Å². The summed E-state index contributed by atoms with van der Waals surface area (Å²) < 4.78 is 1.23. The molecule has 0 fully saturated rings. The van der Waals surface area contributed by atoms with Gasteiger partial charge in [-0.3, -0.25) is 19.4 Å². The quantitative estimate of drug-likeness (QED) is 0.698. The number of H-pyrrole nitrogens is 1. The molecule has 0 atom stereocenters. The van der Waals surface area contributed by atoms with Crippen LogP contribution in [0.15, 0.2) is 46.1 Å². The molecule has 0 saturated heterocycles. The number of carbonyl (C=O) groups is 2. The molecule has 114 valence electrons. The molecule has 4 N–H and O–H groups in total.